The fourth-order valence-electron chi connectivity index (χ4n) is 2.08. The highest BCUT2D eigenvalue weighted by molar-refractivity contribution is 5.79. The molecule has 21 heavy (non-hydrogen) atoms. The summed E-state index contributed by atoms with van der Waals surface area (Å²) in [4.78, 5) is 8.20. The lowest BCUT2D eigenvalue weighted by molar-refractivity contribution is 0.418. The fraction of sp³-hybridized carbons (Fsp3) is 0.125. The van der Waals surface area contributed by atoms with Crippen molar-refractivity contribution in [1.82, 2.24) is 15.3 Å². The minimum atomic E-state index is -0.451. The normalized spacial score (nSPS) is 10.8. The zero-order valence-electron chi connectivity index (χ0n) is 11.5. The molecule has 3 rings (SSSR count). The SMILES string of the molecule is CNCc1ccnc(Oc2ccc3cccnc3c2)c1F. The first-order valence-electron chi connectivity index (χ1n) is 6.58. The summed E-state index contributed by atoms with van der Waals surface area (Å²) in [5, 5.41) is 3.91. The Morgan fingerprint density at radius 2 is 2.05 bits per heavy atom. The van der Waals surface area contributed by atoms with E-state index < -0.39 is 5.82 Å². The van der Waals surface area contributed by atoms with Crippen molar-refractivity contribution in [3.8, 4) is 11.6 Å². The Bertz CT molecular complexity index is 776. The van der Waals surface area contributed by atoms with E-state index in [-0.39, 0.29) is 5.88 Å². The maximum Gasteiger partial charge on any atom is 0.256 e. The minimum Gasteiger partial charge on any atom is -0.436 e. The number of hydrogen-bond acceptors (Lipinski definition) is 4. The van der Waals surface area contributed by atoms with Crippen LogP contribution in [0.2, 0.25) is 0 Å². The number of nitrogens with one attached hydrogen (secondary N) is 1. The van der Waals surface area contributed by atoms with Gasteiger partial charge in [-0.15, -0.1) is 0 Å². The van der Waals surface area contributed by atoms with Crippen molar-refractivity contribution >= 4 is 10.9 Å². The number of pyridine rings is 2. The van der Waals surface area contributed by atoms with Gasteiger partial charge >= 0.3 is 0 Å². The van der Waals surface area contributed by atoms with E-state index in [4.69, 9.17) is 4.74 Å². The Kier molecular flexibility index (Phi) is 3.75. The molecule has 1 aromatic carbocycles. The molecule has 0 aliphatic carbocycles. The van der Waals surface area contributed by atoms with E-state index in [1.54, 1.807) is 31.4 Å². The van der Waals surface area contributed by atoms with E-state index in [1.807, 2.05) is 18.2 Å². The number of ether oxygens (including phenoxy) is 1. The van der Waals surface area contributed by atoms with E-state index >= 15 is 0 Å². The molecule has 0 spiro atoms. The number of halogens is 1. The van der Waals surface area contributed by atoms with Crippen LogP contribution in [0.25, 0.3) is 10.9 Å². The summed E-state index contributed by atoms with van der Waals surface area (Å²) >= 11 is 0. The highest BCUT2D eigenvalue weighted by atomic mass is 19.1. The second kappa shape index (κ2) is 5.85. The predicted molar refractivity (Wildman–Crippen MR) is 78.8 cm³/mol. The number of rotatable bonds is 4. The van der Waals surface area contributed by atoms with Crippen LogP contribution in [0.4, 0.5) is 4.39 Å². The van der Waals surface area contributed by atoms with Crippen molar-refractivity contribution < 1.29 is 9.13 Å². The van der Waals surface area contributed by atoms with Gasteiger partial charge in [-0.2, -0.15) is 0 Å². The van der Waals surface area contributed by atoms with E-state index in [9.17, 15) is 4.39 Å². The third kappa shape index (κ3) is 2.83. The molecule has 0 unspecified atom stereocenters. The number of hydrogen-bond donors (Lipinski definition) is 1. The first kappa shape index (κ1) is 13.5. The molecule has 106 valence electrons. The lowest BCUT2D eigenvalue weighted by Gasteiger charge is -2.09. The molecule has 4 nitrogen and oxygen atoms in total. The zero-order chi connectivity index (χ0) is 14.7. The lowest BCUT2D eigenvalue weighted by Crippen LogP contribution is -2.08. The van der Waals surface area contributed by atoms with Crippen molar-refractivity contribution in [2.45, 2.75) is 6.54 Å². The molecule has 0 saturated heterocycles. The average molecular weight is 283 g/mol. The maximum atomic E-state index is 14.2. The van der Waals surface area contributed by atoms with Crippen LogP contribution in [0, 0.1) is 5.82 Å². The van der Waals surface area contributed by atoms with Crippen LogP contribution in [0.1, 0.15) is 5.56 Å². The van der Waals surface area contributed by atoms with Crippen LogP contribution in [0.3, 0.4) is 0 Å². The summed E-state index contributed by atoms with van der Waals surface area (Å²) in [5.74, 6) is 0.0280. The Morgan fingerprint density at radius 1 is 1.14 bits per heavy atom. The first-order valence-corrected chi connectivity index (χ1v) is 6.58. The highest BCUT2D eigenvalue weighted by Crippen LogP contribution is 2.26. The molecule has 0 aliphatic heterocycles. The molecule has 0 radical (unpaired) electrons. The van der Waals surface area contributed by atoms with Crippen LogP contribution in [-0.4, -0.2) is 17.0 Å². The molecule has 2 heterocycles. The smallest absolute Gasteiger partial charge is 0.256 e. The fourth-order valence-corrected chi connectivity index (χ4v) is 2.08. The summed E-state index contributed by atoms with van der Waals surface area (Å²) in [6, 6.07) is 10.9. The van der Waals surface area contributed by atoms with Crippen molar-refractivity contribution in [2.24, 2.45) is 0 Å². The quantitative estimate of drug-likeness (QED) is 0.798. The van der Waals surface area contributed by atoms with Gasteiger partial charge in [-0.25, -0.2) is 9.37 Å². The Balaban J connectivity index is 1.93. The van der Waals surface area contributed by atoms with Gasteiger partial charge in [-0.05, 0) is 31.3 Å². The maximum absolute atomic E-state index is 14.2. The third-order valence-corrected chi connectivity index (χ3v) is 3.10. The van der Waals surface area contributed by atoms with Gasteiger partial charge in [0.15, 0.2) is 5.82 Å². The van der Waals surface area contributed by atoms with Gasteiger partial charge in [0.1, 0.15) is 5.75 Å². The van der Waals surface area contributed by atoms with E-state index in [1.165, 1.54) is 6.20 Å². The molecule has 2 aromatic heterocycles. The molecule has 0 amide bonds. The summed E-state index contributed by atoms with van der Waals surface area (Å²) in [6.45, 7) is 0.421. The number of benzene rings is 1. The van der Waals surface area contributed by atoms with Gasteiger partial charge in [-0.1, -0.05) is 6.07 Å². The van der Waals surface area contributed by atoms with E-state index in [2.05, 4.69) is 15.3 Å². The van der Waals surface area contributed by atoms with E-state index in [0.717, 1.165) is 10.9 Å². The Morgan fingerprint density at radius 3 is 2.90 bits per heavy atom. The summed E-state index contributed by atoms with van der Waals surface area (Å²) in [5.41, 5.74) is 1.31. The number of aromatic nitrogens is 2. The molecule has 0 saturated carbocycles. The van der Waals surface area contributed by atoms with Crippen molar-refractivity contribution in [3.05, 3.63) is 60.2 Å². The molecule has 0 atom stereocenters. The second-order valence-electron chi connectivity index (χ2n) is 4.58. The highest BCUT2D eigenvalue weighted by Gasteiger charge is 2.11. The molecule has 0 fully saturated rings. The average Bonchev–Trinajstić information content (AvgIpc) is 2.51. The third-order valence-electron chi connectivity index (χ3n) is 3.10. The summed E-state index contributed by atoms with van der Waals surface area (Å²) in [7, 11) is 1.76. The van der Waals surface area contributed by atoms with Crippen LogP contribution < -0.4 is 10.1 Å². The monoisotopic (exact) mass is 283 g/mol. The molecule has 3 aromatic rings. The summed E-state index contributed by atoms with van der Waals surface area (Å²) in [6.07, 6.45) is 3.24. The lowest BCUT2D eigenvalue weighted by atomic mass is 10.2. The van der Waals surface area contributed by atoms with Gasteiger partial charge < -0.3 is 10.1 Å². The van der Waals surface area contributed by atoms with Crippen molar-refractivity contribution in [3.63, 3.8) is 0 Å². The van der Waals surface area contributed by atoms with Gasteiger partial charge in [0, 0.05) is 36.0 Å². The van der Waals surface area contributed by atoms with Crippen molar-refractivity contribution in [2.75, 3.05) is 7.05 Å². The standard InChI is InChI=1S/C16H14FN3O/c1-18-10-12-6-8-20-16(15(12)17)21-13-5-4-11-3-2-7-19-14(11)9-13/h2-9,18H,10H2,1H3. The molecule has 5 heteroatoms. The Labute approximate surface area is 121 Å². The molecule has 1 N–H and O–H groups in total. The van der Waals surface area contributed by atoms with Crippen LogP contribution >= 0.6 is 0 Å². The first-order chi connectivity index (χ1) is 10.3. The van der Waals surface area contributed by atoms with Gasteiger partial charge in [-0.3, -0.25) is 4.98 Å². The molecule has 0 bridgehead atoms. The van der Waals surface area contributed by atoms with Gasteiger partial charge in [0.05, 0.1) is 5.52 Å². The van der Waals surface area contributed by atoms with Crippen LogP contribution in [0.5, 0.6) is 11.6 Å². The second-order valence-corrected chi connectivity index (χ2v) is 4.58. The van der Waals surface area contributed by atoms with Gasteiger partial charge in [0.25, 0.3) is 5.88 Å². The molecular formula is C16H14FN3O. The van der Waals surface area contributed by atoms with Crippen molar-refractivity contribution in [1.29, 1.82) is 0 Å². The zero-order valence-corrected chi connectivity index (χ0v) is 11.5. The largest absolute Gasteiger partial charge is 0.436 e. The van der Waals surface area contributed by atoms with Crippen LogP contribution in [-0.2, 0) is 6.54 Å². The summed E-state index contributed by atoms with van der Waals surface area (Å²) < 4.78 is 19.8. The van der Waals surface area contributed by atoms with Crippen LogP contribution in [0.15, 0.2) is 48.8 Å². The minimum absolute atomic E-state index is 0.0296. The molecular weight excluding hydrogens is 269 g/mol. The number of fused-ring (bicyclic) bond motifs is 1. The van der Waals surface area contributed by atoms with Gasteiger partial charge in [0.2, 0.25) is 0 Å². The predicted octanol–water partition coefficient (Wildman–Crippen LogP) is 3.28. The molecule has 0 aliphatic rings. The van der Waals surface area contributed by atoms with E-state index in [0.29, 0.717) is 17.9 Å². The number of nitrogens with zero attached hydrogens (tertiary/aromatic N) is 2. The topological polar surface area (TPSA) is 47.0 Å². The Hall–Kier alpha value is -2.53.